The van der Waals surface area contributed by atoms with Crippen molar-refractivity contribution < 1.29 is 0 Å². The quantitative estimate of drug-likeness (QED) is 0.666. The molecule has 21 heavy (non-hydrogen) atoms. The molecule has 0 amide bonds. The highest BCUT2D eigenvalue weighted by atomic mass is 32.2. The number of benzene rings is 2. The molecule has 0 bridgehead atoms. The van der Waals surface area contributed by atoms with Crippen LogP contribution in [0.25, 0.3) is 0 Å². The van der Waals surface area contributed by atoms with Crippen LogP contribution >= 0.6 is 11.8 Å². The molecule has 0 aromatic heterocycles. The molecule has 2 aromatic carbocycles. The third kappa shape index (κ3) is 5.56. The highest BCUT2D eigenvalue weighted by molar-refractivity contribution is 7.99. The Labute approximate surface area is 133 Å². The van der Waals surface area contributed by atoms with Gasteiger partial charge in [-0.3, -0.25) is 0 Å². The third-order valence-corrected chi connectivity index (χ3v) is 4.75. The van der Waals surface area contributed by atoms with Crippen molar-refractivity contribution in [3.8, 4) is 0 Å². The first kappa shape index (κ1) is 16.1. The van der Waals surface area contributed by atoms with Gasteiger partial charge in [0.1, 0.15) is 0 Å². The molecule has 0 aliphatic carbocycles. The minimum absolute atomic E-state index is 1.16. The molecule has 0 saturated heterocycles. The van der Waals surface area contributed by atoms with E-state index in [0.717, 1.165) is 13.1 Å². The minimum Gasteiger partial charge on any atom is -0.304 e. The summed E-state index contributed by atoms with van der Waals surface area (Å²) in [6.45, 7) is 7.98. The summed E-state index contributed by atoms with van der Waals surface area (Å²) in [4.78, 5) is 5.10. The molecule has 2 heteroatoms. The van der Waals surface area contributed by atoms with E-state index in [1.165, 1.54) is 34.7 Å². The maximum atomic E-state index is 2.49. The first-order chi connectivity index (χ1) is 10.3. The molecule has 0 aliphatic rings. The Bertz CT molecular complexity index is 503. The van der Waals surface area contributed by atoms with Crippen molar-refractivity contribution in [2.45, 2.75) is 36.5 Å². The van der Waals surface area contributed by atoms with Crippen LogP contribution in [0.3, 0.4) is 0 Å². The van der Waals surface area contributed by atoms with E-state index in [9.17, 15) is 0 Å². The van der Waals surface area contributed by atoms with Crippen LogP contribution in [0.4, 0.5) is 0 Å². The van der Waals surface area contributed by atoms with Gasteiger partial charge >= 0.3 is 0 Å². The van der Waals surface area contributed by atoms with Crippen LogP contribution in [0.1, 0.15) is 25.8 Å². The molecular weight excluding hydrogens is 274 g/mol. The Morgan fingerprint density at radius 2 is 1.43 bits per heavy atom. The van der Waals surface area contributed by atoms with Crippen LogP contribution in [-0.4, -0.2) is 24.5 Å². The zero-order valence-electron chi connectivity index (χ0n) is 13.1. The van der Waals surface area contributed by atoms with Crippen LogP contribution in [-0.2, 0) is 6.42 Å². The summed E-state index contributed by atoms with van der Waals surface area (Å²) in [6, 6.07) is 19.6. The van der Waals surface area contributed by atoms with Crippen molar-refractivity contribution in [1.29, 1.82) is 0 Å². The van der Waals surface area contributed by atoms with Crippen LogP contribution in [0.5, 0.6) is 0 Å². The lowest BCUT2D eigenvalue weighted by Gasteiger charge is -2.17. The van der Waals surface area contributed by atoms with Crippen LogP contribution in [0.2, 0.25) is 0 Å². The Kier molecular flexibility index (Phi) is 6.84. The van der Waals surface area contributed by atoms with Gasteiger partial charge in [-0.25, -0.2) is 0 Å². The van der Waals surface area contributed by atoms with Crippen molar-refractivity contribution in [2.24, 2.45) is 0 Å². The fourth-order valence-electron chi connectivity index (χ4n) is 2.40. The molecule has 0 N–H and O–H groups in total. The number of nitrogens with zero attached hydrogens (tertiary/aromatic N) is 1. The Balaban J connectivity index is 1.82. The molecule has 112 valence electrons. The summed E-state index contributed by atoms with van der Waals surface area (Å²) >= 11 is 1.82. The van der Waals surface area contributed by atoms with Crippen molar-refractivity contribution in [2.75, 3.05) is 19.6 Å². The monoisotopic (exact) mass is 299 g/mol. The van der Waals surface area contributed by atoms with Crippen molar-refractivity contribution in [1.82, 2.24) is 4.90 Å². The topological polar surface area (TPSA) is 3.24 Å². The van der Waals surface area contributed by atoms with E-state index in [2.05, 4.69) is 73.3 Å². The largest absolute Gasteiger partial charge is 0.304 e. The average Bonchev–Trinajstić information content (AvgIpc) is 2.54. The molecule has 2 aromatic rings. The van der Waals surface area contributed by atoms with Crippen LogP contribution in [0.15, 0.2) is 64.4 Å². The van der Waals surface area contributed by atoms with Gasteiger partial charge in [-0.1, -0.05) is 55.9 Å². The van der Waals surface area contributed by atoms with E-state index < -0.39 is 0 Å². The lowest BCUT2D eigenvalue weighted by Crippen LogP contribution is -2.24. The van der Waals surface area contributed by atoms with Gasteiger partial charge in [-0.15, -0.1) is 0 Å². The SMILES string of the molecule is CCN(CC)CCCc1ccc(Sc2ccccc2)cc1. The fraction of sp³-hybridized carbons (Fsp3) is 0.368. The predicted octanol–water partition coefficient (Wildman–Crippen LogP) is 5.11. The molecule has 1 nitrogen and oxygen atoms in total. The van der Waals surface area contributed by atoms with E-state index >= 15 is 0 Å². The van der Waals surface area contributed by atoms with Crippen molar-refractivity contribution >= 4 is 11.8 Å². The van der Waals surface area contributed by atoms with E-state index in [0.29, 0.717) is 0 Å². The Hall–Kier alpha value is -1.25. The van der Waals surface area contributed by atoms with E-state index in [-0.39, 0.29) is 0 Å². The molecule has 0 unspecified atom stereocenters. The summed E-state index contributed by atoms with van der Waals surface area (Å²) in [7, 11) is 0. The molecule has 0 saturated carbocycles. The van der Waals surface area contributed by atoms with Gasteiger partial charge in [0, 0.05) is 9.79 Å². The predicted molar refractivity (Wildman–Crippen MR) is 93.1 cm³/mol. The van der Waals surface area contributed by atoms with Gasteiger partial charge in [0.15, 0.2) is 0 Å². The number of aryl methyl sites for hydroxylation is 1. The summed E-state index contributed by atoms with van der Waals surface area (Å²) < 4.78 is 0. The van der Waals surface area contributed by atoms with Gasteiger partial charge in [0.2, 0.25) is 0 Å². The van der Waals surface area contributed by atoms with Crippen LogP contribution in [0, 0.1) is 0 Å². The zero-order valence-corrected chi connectivity index (χ0v) is 13.9. The standard InChI is InChI=1S/C19H25NS/c1-3-20(4-2)16-8-9-17-12-14-19(15-13-17)21-18-10-6-5-7-11-18/h5-7,10-15H,3-4,8-9,16H2,1-2H3. The first-order valence-electron chi connectivity index (χ1n) is 7.86. The highest BCUT2D eigenvalue weighted by Gasteiger charge is 2.01. The van der Waals surface area contributed by atoms with Crippen LogP contribution < -0.4 is 0 Å². The lowest BCUT2D eigenvalue weighted by molar-refractivity contribution is 0.300. The van der Waals surface area contributed by atoms with Crippen molar-refractivity contribution in [3.05, 3.63) is 60.2 Å². The lowest BCUT2D eigenvalue weighted by atomic mass is 10.1. The molecule has 0 spiro atoms. The van der Waals surface area contributed by atoms with Gasteiger partial charge in [0.25, 0.3) is 0 Å². The summed E-state index contributed by atoms with van der Waals surface area (Å²) in [5.41, 5.74) is 1.44. The van der Waals surface area contributed by atoms with Gasteiger partial charge in [-0.2, -0.15) is 0 Å². The first-order valence-corrected chi connectivity index (χ1v) is 8.67. The third-order valence-electron chi connectivity index (χ3n) is 3.74. The fourth-order valence-corrected chi connectivity index (χ4v) is 3.23. The molecular formula is C19H25NS. The average molecular weight is 299 g/mol. The second-order valence-electron chi connectivity index (χ2n) is 5.19. The normalized spacial score (nSPS) is 11.0. The Morgan fingerprint density at radius 1 is 0.810 bits per heavy atom. The molecule has 0 fully saturated rings. The number of hydrogen-bond acceptors (Lipinski definition) is 2. The molecule has 0 aliphatic heterocycles. The molecule has 2 rings (SSSR count). The van der Waals surface area contributed by atoms with E-state index in [1.807, 2.05) is 11.8 Å². The number of hydrogen-bond donors (Lipinski definition) is 0. The van der Waals surface area contributed by atoms with Crippen molar-refractivity contribution in [3.63, 3.8) is 0 Å². The molecule has 0 radical (unpaired) electrons. The zero-order chi connectivity index (χ0) is 14.9. The second-order valence-corrected chi connectivity index (χ2v) is 6.34. The van der Waals surface area contributed by atoms with E-state index in [4.69, 9.17) is 0 Å². The Morgan fingerprint density at radius 3 is 2.05 bits per heavy atom. The molecule has 0 atom stereocenters. The van der Waals surface area contributed by atoms with Gasteiger partial charge in [0.05, 0.1) is 0 Å². The maximum absolute atomic E-state index is 2.49. The summed E-state index contributed by atoms with van der Waals surface area (Å²) in [5, 5.41) is 0. The maximum Gasteiger partial charge on any atom is 0.0122 e. The minimum atomic E-state index is 1.16. The summed E-state index contributed by atoms with van der Waals surface area (Å²) in [5.74, 6) is 0. The smallest absolute Gasteiger partial charge is 0.0122 e. The van der Waals surface area contributed by atoms with Gasteiger partial charge in [-0.05, 0) is 62.3 Å². The summed E-state index contributed by atoms with van der Waals surface area (Å²) in [6.07, 6.45) is 2.42. The molecule has 0 heterocycles. The van der Waals surface area contributed by atoms with E-state index in [1.54, 1.807) is 0 Å². The second kappa shape index (κ2) is 8.91. The number of rotatable bonds is 8. The van der Waals surface area contributed by atoms with Gasteiger partial charge < -0.3 is 4.90 Å². The highest BCUT2D eigenvalue weighted by Crippen LogP contribution is 2.27.